The number of carbonyl (C=O) groups is 2. The lowest BCUT2D eigenvalue weighted by atomic mass is 10.2. The smallest absolute Gasteiger partial charge is 0.261 e. The summed E-state index contributed by atoms with van der Waals surface area (Å²) >= 11 is 7.11. The van der Waals surface area contributed by atoms with Gasteiger partial charge in [-0.25, -0.2) is 0 Å². The lowest BCUT2D eigenvalue weighted by Crippen LogP contribution is -2.25. The SMILES string of the molecule is C=CN(/C=C(\C)CNC(=O)c1ccc(Cl)s1)c1ccc(NC(=O)/C=C\C=C/C)cc1. The van der Waals surface area contributed by atoms with Crippen LogP contribution in [0.3, 0.4) is 0 Å². The minimum Gasteiger partial charge on any atom is -0.348 e. The summed E-state index contributed by atoms with van der Waals surface area (Å²) in [5, 5.41) is 5.67. The molecule has 0 aliphatic heterocycles. The molecule has 0 aliphatic rings. The van der Waals surface area contributed by atoms with E-state index >= 15 is 0 Å². The molecule has 0 radical (unpaired) electrons. The van der Waals surface area contributed by atoms with E-state index in [1.807, 2.05) is 55.3 Å². The molecule has 0 spiro atoms. The number of rotatable bonds is 9. The van der Waals surface area contributed by atoms with Crippen molar-refractivity contribution >= 4 is 46.1 Å². The first kappa shape index (κ1) is 23.2. The van der Waals surface area contributed by atoms with E-state index < -0.39 is 0 Å². The van der Waals surface area contributed by atoms with E-state index in [1.165, 1.54) is 17.4 Å². The Morgan fingerprint density at radius 3 is 2.50 bits per heavy atom. The Morgan fingerprint density at radius 1 is 1.17 bits per heavy atom. The van der Waals surface area contributed by atoms with Crippen LogP contribution in [0.25, 0.3) is 0 Å². The van der Waals surface area contributed by atoms with Gasteiger partial charge in [-0.1, -0.05) is 36.4 Å². The molecule has 0 unspecified atom stereocenters. The largest absolute Gasteiger partial charge is 0.348 e. The maximum atomic E-state index is 12.1. The molecule has 0 fully saturated rings. The van der Waals surface area contributed by atoms with Crippen LogP contribution >= 0.6 is 22.9 Å². The zero-order valence-electron chi connectivity index (χ0n) is 16.9. The molecule has 0 bridgehead atoms. The number of anilines is 2. The van der Waals surface area contributed by atoms with E-state index in [0.29, 0.717) is 21.4 Å². The fraction of sp³-hybridized carbons (Fsp3) is 0.130. The number of halogens is 1. The molecule has 7 heteroatoms. The summed E-state index contributed by atoms with van der Waals surface area (Å²) in [6, 6.07) is 10.8. The first-order valence-electron chi connectivity index (χ1n) is 9.25. The van der Waals surface area contributed by atoms with E-state index in [1.54, 1.807) is 30.5 Å². The lowest BCUT2D eigenvalue weighted by Gasteiger charge is -2.17. The summed E-state index contributed by atoms with van der Waals surface area (Å²) < 4.78 is 0.582. The van der Waals surface area contributed by atoms with Crippen LogP contribution in [-0.4, -0.2) is 18.4 Å². The fourth-order valence-corrected chi connectivity index (χ4v) is 3.37. The highest BCUT2D eigenvalue weighted by Gasteiger charge is 2.08. The molecule has 2 rings (SSSR count). The molecule has 0 aliphatic carbocycles. The van der Waals surface area contributed by atoms with E-state index in [2.05, 4.69) is 17.2 Å². The monoisotopic (exact) mass is 441 g/mol. The molecule has 2 aromatic rings. The van der Waals surface area contributed by atoms with Crippen molar-refractivity contribution in [2.45, 2.75) is 13.8 Å². The van der Waals surface area contributed by atoms with Gasteiger partial charge in [0, 0.05) is 36.4 Å². The number of hydrogen-bond acceptors (Lipinski definition) is 4. The van der Waals surface area contributed by atoms with Gasteiger partial charge in [0.2, 0.25) is 5.91 Å². The number of nitrogens with one attached hydrogen (secondary N) is 2. The lowest BCUT2D eigenvalue weighted by molar-refractivity contribution is -0.111. The van der Waals surface area contributed by atoms with Crippen molar-refractivity contribution in [2.24, 2.45) is 0 Å². The van der Waals surface area contributed by atoms with Gasteiger partial charge in [0.15, 0.2) is 0 Å². The van der Waals surface area contributed by atoms with Gasteiger partial charge in [-0.3, -0.25) is 9.59 Å². The predicted molar refractivity (Wildman–Crippen MR) is 127 cm³/mol. The van der Waals surface area contributed by atoms with E-state index in [0.717, 1.165) is 11.3 Å². The number of hydrogen-bond donors (Lipinski definition) is 2. The molecular formula is C23H24ClN3O2S. The summed E-state index contributed by atoms with van der Waals surface area (Å²) in [6.45, 7) is 8.04. The second-order valence-electron chi connectivity index (χ2n) is 6.27. The normalized spacial score (nSPS) is 11.6. The molecule has 2 N–H and O–H groups in total. The standard InChI is InChI=1S/C23H24ClN3O2S/c1-4-6-7-8-22(28)26-18-9-11-19(12-10-18)27(5-2)16-17(3)15-25-23(29)20-13-14-21(24)30-20/h4-14,16H,2,15H2,1,3H3,(H,25,29)(H,26,28)/b6-4-,8-7-,17-16+. The van der Waals surface area contributed by atoms with Crippen LogP contribution < -0.4 is 15.5 Å². The molecule has 156 valence electrons. The quantitative estimate of drug-likeness (QED) is 0.384. The number of nitrogens with zero attached hydrogens (tertiary/aromatic N) is 1. The zero-order chi connectivity index (χ0) is 21.9. The van der Waals surface area contributed by atoms with Crippen LogP contribution in [0.4, 0.5) is 11.4 Å². The summed E-state index contributed by atoms with van der Waals surface area (Å²) in [5.74, 6) is -0.353. The third kappa shape index (κ3) is 7.39. The van der Waals surface area contributed by atoms with Crippen molar-refractivity contribution in [3.05, 3.63) is 94.5 Å². The predicted octanol–water partition coefficient (Wildman–Crippen LogP) is 5.76. The molecular weight excluding hydrogens is 418 g/mol. The molecule has 0 saturated heterocycles. The van der Waals surface area contributed by atoms with E-state index in [9.17, 15) is 9.59 Å². The van der Waals surface area contributed by atoms with Crippen molar-refractivity contribution in [1.82, 2.24) is 5.32 Å². The van der Waals surface area contributed by atoms with Crippen LogP contribution in [0.1, 0.15) is 23.5 Å². The Morgan fingerprint density at radius 2 is 1.90 bits per heavy atom. The summed E-state index contributed by atoms with van der Waals surface area (Å²) in [4.78, 5) is 26.4. The van der Waals surface area contributed by atoms with Crippen molar-refractivity contribution in [3.63, 3.8) is 0 Å². The molecule has 1 aromatic carbocycles. The maximum Gasteiger partial charge on any atom is 0.261 e. The molecule has 30 heavy (non-hydrogen) atoms. The summed E-state index contributed by atoms with van der Waals surface area (Å²) in [5.41, 5.74) is 2.51. The van der Waals surface area contributed by atoms with Crippen LogP contribution in [0, 0.1) is 0 Å². The molecule has 0 saturated carbocycles. The van der Waals surface area contributed by atoms with Gasteiger partial charge in [-0.05, 0) is 55.8 Å². The Hall–Kier alpha value is -3.09. The number of amides is 2. The van der Waals surface area contributed by atoms with E-state index in [-0.39, 0.29) is 11.8 Å². The average molecular weight is 442 g/mol. The average Bonchev–Trinajstić information content (AvgIpc) is 3.17. The topological polar surface area (TPSA) is 61.4 Å². The van der Waals surface area contributed by atoms with Crippen molar-refractivity contribution in [3.8, 4) is 0 Å². The van der Waals surface area contributed by atoms with Gasteiger partial charge < -0.3 is 15.5 Å². The van der Waals surface area contributed by atoms with E-state index in [4.69, 9.17) is 11.6 Å². The summed E-state index contributed by atoms with van der Waals surface area (Å²) in [6.07, 6.45) is 10.4. The second-order valence-corrected chi connectivity index (χ2v) is 7.99. The second kappa shape index (κ2) is 11.8. The highest BCUT2D eigenvalue weighted by Crippen LogP contribution is 2.21. The Balaban J connectivity index is 1.96. The van der Waals surface area contributed by atoms with Crippen LogP contribution in [-0.2, 0) is 4.79 Å². The van der Waals surface area contributed by atoms with Gasteiger partial charge in [-0.2, -0.15) is 0 Å². The van der Waals surface area contributed by atoms with Crippen molar-refractivity contribution in [1.29, 1.82) is 0 Å². The molecule has 5 nitrogen and oxygen atoms in total. The van der Waals surface area contributed by atoms with Crippen molar-refractivity contribution in [2.75, 3.05) is 16.8 Å². The minimum atomic E-state index is -0.195. The number of carbonyl (C=O) groups excluding carboxylic acids is 2. The molecule has 1 heterocycles. The van der Waals surface area contributed by atoms with Gasteiger partial charge in [0.1, 0.15) is 0 Å². The highest BCUT2D eigenvalue weighted by atomic mass is 35.5. The van der Waals surface area contributed by atoms with Crippen LogP contribution in [0.2, 0.25) is 4.34 Å². The molecule has 1 aromatic heterocycles. The Bertz CT molecular complexity index is 975. The third-order valence-corrected chi connectivity index (χ3v) is 5.10. The van der Waals surface area contributed by atoms with Gasteiger partial charge >= 0.3 is 0 Å². The third-order valence-electron chi connectivity index (χ3n) is 3.87. The van der Waals surface area contributed by atoms with Gasteiger partial charge in [0.25, 0.3) is 5.91 Å². The van der Waals surface area contributed by atoms with Gasteiger partial charge in [0.05, 0.1) is 9.21 Å². The number of thiophene rings is 1. The maximum absolute atomic E-state index is 12.1. The van der Waals surface area contributed by atoms with Crippen molar-refractivity contribution < 1.29 is 9.59 Å². The first-order chi connectivity index (χ1) is 14.4. The van der Waals surface area contributed by atoms with Crippen LogP contribution in [0.15, 0.2) is 85.3 Å². The number of allylic oxidation sites excluding steroid dienone is 3. The first-order valence-corrected chi connectivity index (χ1v) is 10.4. The summed E-state index contributed by atoms with van der Waals surface area (Å²) in [7, 11) is 0. The number of benzene rings is 1. The van der Waals surface area contributed by atoms with Gasteiger partial charge in [-0.15, -0.1) is 11.3 Å². The fourth-order valence-electron chi connectivity index (χ4n) is 2.41. The molecule has 2 amide bonds. The zero-order valence-corrected chi connectivity index (χ0v) is 18.5. The van der Waals surface area contributed by atoms with Crippen LogP contribution in [0.5, 0.6) is 0 Å². The minimum absolute atomic E-state index is 0.159. The molecule has 0 atom stereocenters. The highest BCUT2D eigenvalue weighted by molar-refractivity contribution is 7.18. The Kier molecular flexibility index (Phi) is 9.12. The Labute approximate surface area is 186 Å².